The van der Waals surface area contributed by atoms with Crippen molar-refractivity contribution in [2.75, 3.05) is 6.61 Å². The first-order valence-corrected chi connectivity index (χ1v) is 10.8. The zero-order valence-electron chi connectivity index (χ0n) is 17.7. The highest BCUT2D eigenvalue weighted by molar-refractivity contribution is 5.92. The maximum absolute atomic E-state index is 12.7. The number of fused-ring (bicyclic) bond motifs is 4. The first-order chi connectivity index (χ1) is 15.0. The fourth-order valence-corrected chi connectivity index (χ4v) is 5.09. The van der Waals surface area contributed by atoms with Crippen LogP contribution in [0.5, 0.6) is 5.75 Å². The molecule has 2 aliphatic heterocycles. The summed E-state index contributed by atoms with van der Waals surface area (Å²) in [7, 11) is 0. The summed E-state index contributed by atoms with van der Waals surface area (Å²) in [5.74, 6) is 1.10. The summed E-state index contributed by atoms with van der Waals surface area (Å²) in [6.45, 7) is 4.73. The van der Waals surface area contributed by atoms with Crippen LogP contribution >= 0.6 is 0 Å². The van der Waals surface area contributed by atoms with Gasteiger partial charge in [0.25, 0.3) is 11.9 Å². The standard InChI is InChI=1S/C23H27N5O3/c1-13(2)14-3-5-19-16(9-14)23(11-30-22(24)28-23)17-10-15(4-6-20(17)31-19)27-21(29)18-7-8-25-12-26-18/h3,5,7-9,12-13,15,17,20H,4,6,10-11H2,1-2H3,(H2,24,28)(H,27,29)/t15-,17-,20-,23-/m1/s1. The lowest BCUT2D eigenvalue weighted by Crippen LogP contribution is -2.54. The van der Waals surface area contributed by atoms with E-state index < -0.39 is 5.54 Å². The van der Waals surface area contributed by atoms with Crippen molar-refractivity contribution in [1.82, 2.24) is 15.3 Å². The molecule has 1 amide bonds. The third-order valence-corrected chi connectivity index (χ3v) is 6.71. The molecule has 8 heteroatoms. The smallest absolute Gasteiger partial charge is 0.283 e. The van der Waals surface area contributed by atoms with Gasteiger partial charge in [0.15, 0.2) is 0 Å². The minimum atomic E-state index is -0.592. The van der Waals surface area contributed by atoms with Crippen molar-refractivity contribution < 1.29 is 14.3 Å². The molecule has 31 heavy (non-hydrogen) atoms. The maximum Gasteiger partial charge on any atom is 0.283 e. The van der Waals surface area contributed by atoms with Gasteiger partial charge in [-0.25, -0.2) is 15.0 Å². The van der Waals surface area contributed by atoms with Crippen LogP contribution < -0.4 is 15.8 Å². The largest absolute Gasteiger partial charge is 0.490 e. The van der Waals surface area contributed by atoms with Crippen molar-refractivity contribution in [2.45, 2.75) is 56.7 Å². The van der Waals surface area contributed by atoms with Crippen molar-refractivity contribution in [2.24, 2.45) is 16.6 Å². The van der Waals surface area contributed by atoms with Crippen LogP contribution in [0, 0.1) is 5.92 Å². The van der Waals surface area contributed by atoms with E-state index in [0.717, 1.165) is 30.6 Å². The summed E-state index contributed by atoms with van der Waals surface area (Å²) in [6, 6.07) is 8.18. The number of aliphatic imine (C=N–C) groups is 1. The Kier molecular flexibility index (Phi) is 4.79. The van der Waals surface area contributed by atoms with Gasteiger partial charge in [-0.3, -0.25) is 4.79 Å². The van der Waals surface area contributed by atoms with E-state index in [0.29, 0.717) is 18.2 Å². The summed E-state index contributed by atoms with van der Waals surface area (Å²) < 4.78 is 12.1. The van der Waals surface area contributed by atoms with E-state index >= 15 is 0 Å². The number of aromatic nitrogens is 2. The van der Waals surface area contributed by atoms with Crippen LogP contribution in [-0.4, -0.2) is 40.6 Å². The van der Waals surface area contributed by atoms with Gasteiger partial charge in [0.05, 0.1) is 0 Å². The number of hydrogen-bond donors (Lipinski definition) is 2. The molecule has 1 saturated carbocycles. The normalized spacial score (nSPS) is 28.9. The minimum Gasteiger partial charge on any atom is -0.490 e. The molecule has 2 aromatic rings. The number of ether oxygens (including phenoxy) is 2. The number of benzene rings is 1. The SMILES string of the molecule is CC(C)c1ccc2c(c1)[C@]1(COC(N)=N1)[C@@H]1C[C@H](NC(=O)c3ccncn3)CC[C@H]1O2. The molecule has 0 saturated heterocycles. The Bertz CT molecular complexity index is 1030. The van der Waals surface area contributed by atoms with Gasteiger partial charge in [-0.1, -0.05) is 19.9 Å². The topological polar surface area (TPSA) is 112 Å². The van der Waals surface area contributed by atoms with E-state index in [4.69, 9.17) is 20.2 Å². The molecule has 1 aromatic carbocycles. The Morgan fingerprint density at radius 1 is 1.29 bits per heavy atom. The Morgan fingerprint density at radius 2 is 2.16 bits per heavy atom. The number of amidine groups is 1. The number of hydrogen-bond acceptors (Lipinski definition) is 7. The fraction of sp³-hybridized carbons (Fsp3) is 0.478. The van der Waals surface area contributed by atoms with Crippen molar-refractivity contribution in [3.8, 4) is 5.75 Å². The molecule has 3 N–H and O–H groups in total. The van der Waals surface area contributed by atoms with Crippen LogP contribution in [0.1, 0.15) is 60.6 Å². The highest BCUT2D eigenvalue weighted by Crippen LogP contribution is 2.52. The Labute approximate surface area is 181 Å². The van der Waals surface area contributed by atoms with E-state index in [-0.39, 0.29) is 30.0 Å². The molecular weight excluding hydrogens is 394 g/mol. The number of carbonyl (C=O) groups excluding carboxylic acids is 1. The monoisotopic (exact) mass is 421 g/mol. The van der Waals surface area contributed by atoms with Crippen LogP contribution in [0.4, 0.5) is 0 Å². The van der Waals surface area contributed by atoms with E-state index in [2.05, 4.69) is 47.3 Å². The summed E-state index contributed by atoms with van der Waals surface area (Å²) >= 11 is 0. The third kappa shape index (κ3) is 3.40. The second-order valence-electron chi connectivity index (χ2n) is 8.91. The molecule has 162 valence electrons. The van der Waals surface area contributed by atoms with E-state index in [1.165, 1.54) is 11.9 Å². The summed E-state index contributed by atoms with van der Waals surface area (Å²) in [5.41, 5.74) is 8.04. The van der Waals surface area contributed by atoms with Gasteiger partial charge in [-0.15, -0.1) is 0 Å². The second kappa shape index (κ2) is 7.51. The third-order valence-electron chi connectivity index (χ3n) is 6.71. The van der Waals surface area contributed by atoms with Crippen LogP contribution in [0.15, 0.2) is 41.8 Å². The molecule has 1 aromatic heterocycles. The van der Waals surface area contributed by atoms with Gasteiger partial charge in [0.1, 0.15) is 36.0 Å². The predicted octanol–water partition coefficient (Wildman–Crippen LogP) is 2.50. The lowest BCUT2D eigenvalue weighted by Gasteiger charge is -2.48. The number of nitrogens with zero attached hydrogens (tertiary/aromatic N) is 3. The molecule has 3 aliphatic rings. The molecule has 1 aliphatic carbocycles. The summed E-state index contributed by atoms with van der Waals surface area (Å²) in [6.07, 6.45) is 5.33. The molecule has 5 rings (SSSR count). The molecule has 8 nitrogen and oxygen atoms in total. The average Bonchev–Trinajstić information content (AvgIpc) is 3.17. The first-order valence-electron chi connectivity index (χ1n) is 10.8. The van der Waals surface area contributed by atoms with Crippen LogP contribution in [0.3, 0.4) is 0 Å². The van der Waals surface area contributed by atoms with Crippen molar-refractivity contribution >= 4 is 11.9 Å². The summed E-state index contributed by atoms with van der Waals surface area (Å²) in [4.78, 5) is 25.4. The number of nitrogens with two attached hydrogens (primary N) is 1. The lowest BCUT2D eigenvalue weighted by atomic mass is 9.67. The molecule has 0 unspecified atom stereocenters. The van der Waals surface area contributed by atoms with E-state index in [9.17, 15) is 4.79 Å². The second-order valence-corrected chi connectivity index (χ2v) is 8.91. The van der Waals surface area contributed by atoms with Gasteiger partial charge >= 0.3 is 0 Å². The van der Waals surface area contributed by atoms with Crippen LogP contribution in [-0.2, 0) is 10.3 Å². The van der Waals surface area contributed by atoms with Gasteiger partial charge in [-0.2, -0.15) is 0 Å². The number of carbonyl (C=O) groups is 1. The van der Waals surface area contributed by atoms with Gasteiger partial charge in [-0.05, 0) is 48.9 Å². The predicted molar refractivity (Wildman–Crippen MR) is 115 cm³/mol. The van der Waals surface area contributed by atoms with Gasteiger partial charge < -0.3 is 20.5 Å². The van der Waals surface area contributed by atoms with Gasteiger partial charge in [0, 0.05) is 23.7 Å². The minimum absolute atomic E-state index is 0.00264. The highest BCUT2D eigenvalue weighted by Gasteiger charge is 2.55. The number of rotatable bonds is 3. The molecule has 1 fully saturated rings. The molecular formula is C23H27N5O3. The van der Waals surface area contributed by atoms with Crippen molar-refractivity contribution in [1.29, 1.82) is 0 Å². The number of amides is 1. The van der Waals surface area contributed by atoms with Gasteiger partial charge in [0.2, 0.25) is 0 Å². The summed E-state index contributed by atoms with van der Waals surface area (Å²) in [5, 5.41) is 3.13. The zero-order valence-corrected chi connectivity index (χ0v) is 17.7. The Hall–Kier alpha value is -3.16. The van der Waals surface area contributed by atoms with E-state index in [1.54, 1.807) is 12.3 Å². The Morgan fingerprint density at radius 3 is 2.87 bits per heavy atom. The van der Waals surface area contributed by atoms with E-state index in [1.807, 2.05) is 0 Å². The van der Waals surface area contributed by atoms with Crippen molar-refractivity contribution in [3.05, 3.63) is 53.6 Å². The molecule has 3 heterocycles. The fourth-order valence-electron chi connectivity index (χ4n) is 5.09. The molecule has 1 spiro atoms. The zero-order chi connectivity index (χ0) is 21.6. The lowest BCUT2D eigenvalue weighted by molar-refractivity contribution is -0.00197. The van der Waals surface area contributed by atoms with Crippen molar-refractivity contribution in [3.63, 3.8) is 0 Å². The maximum atomic E-state index is 12.7. The number of nitrogens with one attached hydrogen (secondary N) is 1. The molecule has 0 radical (unpaired) electrons. The van der Waals surface area contributed by atoms with Crippen LogP contribution in [0.2, 0.25) is 0 Å². The first kappa shape index (κ1) is 19.8. The molecule has 4 atom stereocenters. The highest BCUT2D eigenvalue weighted by atomic mass is 16.5. The Balaban J connectivity index is 1.46. The van der Waals surface area contributed by atoms with Crippen LogP contribution in [0.25, 0.3) is 0 Å². The average molecular weight is 422 g/mol. The quantitative estimate of drug-likeness (QED) is 0.788. The molecule has 0 bridgehead atoms.